The molecule has 1 aromatic carbocycles. The lowest BCUT2D eigenvalue weighted by Gasteiger charge is -2.16. The molecule has 100 valence electrons. The second kappa shape index (κ2) is 4.61. The van der Waals surface area contributed by atoms with Crippen molar-refractivity contribution in [3.05, 3.63) is 30.0 Å². The van der Waals surface area contributed by atoms with E-state index >= 15 is 0 Å². The lowest BCUT2D eigenvalue weighted by molar-refractivity contribution is 0.0925. The van der Waals surface area contributed by atoms with Gasteiger partial charge in [0.15, 0.2) is 0 Å². The maximum Gasteiger partial charge on any atom is 0.267 e. The summed E-state index contributed by atoms with van der Waals surface area (Å²) in [6.07, 6.45) is 3.48. The van der Waals surface area contributed by atoms with Gasteiger partial charge in [0.25, 0.3) is 5.91 Å². The number of H-pyrrole nitrogens is 1. The molecule has 19 heavy (non-hydrogen) atoms. The van der Waals surface area contributed by atoms with Gasteiger partial charge < -0.3 is 16.0 Å². The Morgan fingerprint density at radius 1 is 1.42 bits per heavy atom. The number of nitrogens with two attached hydrogens (primary N) is 1. The number of rotatable bonds is 2. The number of carbonyl (C=O) groups excluding carboxylic acids is 1. The first kappa shape index (κ1) is 12.1. The number of fused-ring (bicyclic) bond motifs is 1. The second-order valence-electron chi connectivity index (χ2n) is 5.48. The maximum atomic E-state index is 12.2. The molecule has 0 saturated heterocycles. The molecule has 0 spiro atoms. The van der Waals surface area contributed by atoms with E-state index in [1.807, 2.05) is 24.3 Å². The number of nitrogen functional groups attached to an aromatic ring is 1. The van der Waals surface area contributed by atoms with Crippen LogP contribution >= 0.6 is 0 Å². The average Bonchev–Trinajstić information content (AvgIpc) is 2.97. The van der Waals surface area contributed by atoms with Crippen LogP contribution in [-0.2, 0) is 0 Å². The van der Waals surface area contributed by atoms with Crippen molar-refractivity contribution in [1.82, 2.24) is 10.3 Å². The number of benzene rings is 1. The molecule has 1 heterocycles. The third-order valence-electron chi connectivity index (χ3n) is 4.11. The van der Waals surface area contributed by atoms with Crippen molar-refractivity contribution in [2.24, 2.45) is 5.92 Å². The minimum atomic E-state index is -0.0330. The highest BCUT2D eigenvalue weighted by atomic mass is 16.1. The molecule has 2 unspecified atom stereocenters. The lowest BCUT2D eigenvalue weighted by Crippen LogP contribution is -2.36. The summed E-state index contributed by atoms with van der Waals surface area (Å²) in [6.45, 7) is 2.20. The second-order valence-corrected chi connectivity index (χ2v) is 5.48. The summed E-state index contributed by atoms with van der Waals surface area (Å²) >= 11 is 0. The summed E-state index contributed by atoms with van der Waals surface area (Å²) in [4.78, 5) is 15.4. The molecular formula is C15H19N3O. The number of aromatic nitrogens is 1. The smallest absolute Gasteiger partial charge is 0.267 e. The van der Waals surface area contributed by atoms with Crippen LogP contribution in [0.25, 0.3) is 10.9 Å². The van der Waals surface area contributed by atoms with E-state index in [2.05, 4.69) is 17.2 Å². The van der Waals surface area contributed by atoms with Gasteiger partial charge in [0.05, 0.1) is 11.2 Å². The highest BCUT2D eigenvalue weighted by molar-refractivity contribution is 6.00. The van der Waals surface area contributed by atoms with Crippen LogP contribution in [0.5, 0.6) is 0 Å². The highest BCUT2D eigenvalue weighted by Crippen LogP contribution is 2.26. The van der Waals surface area contributed by atoms with E-state index in [0.29, 0.717) is 23.3 Å². The summed E-state index contributed by atoms with van der Waals surface area (Å²) in [7, 11) is 0. The molecule has 4 heteroatoms. The normalized spacial score (nSPS) is 22.8. The summed E-state index contributed by atoms with van der Waals surface area (Å²) in [5, 5.41) is 4.09. The van der Waals surface area contributed by atoms with Crippen LogP contribution in [0.3, 0.4) is 0 Å². The lowest BCUT2D eigenvalue weighted by atomic mass is 10.1. The van der Waals surface area contributed by atoms with E-state index in [9.17, 15) is 4.79 Å². The first-order chi connectivity index (χ1) is 9.15. The molecule has 1 fully saturated rings. The third kappa shape index (κ3) is 2.18. The number of hydrogen-bond donors (Lipinski definition) is 3. The molecule has 0 radical (unpaired) electrons. The fourth-order valence-electron chi connectivity index (χ4n) is 2.91. The number of anilines is 1. The molecule has 2 atom stereocenters. The largest absolute Gasteiger partial charge is 0.397 e. The monoisotopic (exact) mass is 257 g/mol. The van der Waals surface area contributed by atoms with Gasteiger partial charge in [-0.15, -0.1) is 0 Å². The molecule has 1 aliphatic carbocycles. The SMILES string of the molecule is CC1CCCC1NC(=O)c1cc2cccc(N)c2[nH]1. The van der Waals surface area contributed by atoms with Crippen molar-refractivity contribution in [1.29, 1.82) is 0 Å². The first-order valence-corrected chi connectivity index (χ1v) is 6.83. The van der Waals surface area contributed by atoms with Crippen molar-refractivity contribution in [3.63, 3.8) is 0 Å². The molecule has 1 amide bonds. The van der Waals surface area contributed by atoms with Gasteiger partial charge in [0.2, 0.25) is 0 Å². The molecule has 4 N–H and O–H groups in total. The Morgan fingerprint density at radius 3 is 2.95 bits per heavy atom. The number of hydrogen-bond acceptors (Lipinski definition) is 2. The van der Waals surface area contributed by atoms with Crippen molar-refractivity contribution in [2.75, 3.05) is 5.73 Å². The molecule has 2 aromatic rings. The van der Waals surface area contributed by atoms with Gasteiger partial charge in [-0.1, -0.05) is 25.5 Å². The Kier molecular flexibility index (Phi) is 2.93. The predicted octanol–water partition coefficient (Wildman–Crippen LogP) is 2.67. The molecule has 0 bridgehead atoms. The van der Waals surface area contributed by atoms with Gasteiger partial charge in [-0.2, -0.15) is 0 Å². The minimum Gasteiger partial charge on any atom is -0.397 e. The molecule has 3 rings (SSSR count). The molecule has 1 aliphatic rings. The Balaban J connectivity index is 1.83. The standard InChI is InChI=1S/C15H19N3O/c1-9-4-2-7-12(9)18-15(19)13-8-10-5-3-6-11(16)14(10)17-13/h3,5-6,8-9,12,17H,2,4,7,16H2,1H3,(H,18,19). The number of carbonyl (C=O) groups is 1. The van der Waals surface area contributed by atoms with Crippen molar-refractivity contribution >= 4 is 22.5 Å². The van der Waals surface area contributed by atoms with Crippen LogP contribution in [0.1, 0.15) is 36.7 Å². The number of nitrogens with one attached hydrogen (secondary N) is 2. The maximum absolute atomic E-state index is 12.2. The molecule has 1 aromatic heterocycles. The first-order valence-electron chi connectivity index (χ1n) is 6.83. The zero-order valence-corrected chi connectivity index (χ0v) is 11.1. The topological polar surface area (TPSA) is 70.9 Å². The fraction of sp³-hybridized carbons (Fsp3) is 0.400. The van der Waals surface area contributed by atoms with E-state index < -0.39 is 0 Å². The number of para-hydroxylation sites is 1. The van der Waals surface area contributed by atoms with Crippen LogP contribution in [0.2, 0.25) is 0 Å². The van der Waals surface area contributed by atoms with Crippen LogP contribution in [0, 0.1) is 5.92 Å². The molecule has 4 nitrogen and oxygen atoms in total. The van der Waals surface area contributed by atoms with Crippen LogP contribution in [0.15, 0.2) is 24.3 Å². The van der Waals surface area contributed by atoms with Crippen molar-refractivity contribution in [3.8, 4) is 0 Å². The van der Waals surface area contributed by atoms with E-state index in [0.717, 1.165) is 17.3 Å². The van der Waals surface area contributed by atoms with Crippen LogP contribution in [0.4, 0.5) is 5.69 Å². The predicted molar refractivity (Wildman–Crippen MR) is 77.0 cm³/mol. The van der Waals surface area contributed by atoms with Gasteiger partial charge in [0, 0.05) is 11.4 Å². The van der Waals surface area contributed by atoms with Gasteiger partial charge in [-0.3, -0.25) is 4.79 Å². The molecule has 1 saturated carbocycles. The van der Waals surface area contributed by atoms with Gasteiger partial charge in [-0.25, -0.2) is 0 Å². The van der Waals surface area contributed by atoms with Crippen LogP contribution < -0.4 is 11.1 Å². The van der Waals surface area contributed by atoms with Crippen LogP contribution in [-0.4, -0.2) is 16.9 Å². The molecular weight excluding hydrogens is 238 g/mol. The molecule has 0 aliphatic heterocycles. The van der Waals surface area contributed by atoms with Crippen molar-refractivity contribution in [2.45, 2.75) is 32.2 Å². The summed E-state index contributed by atoms with van der Waals surface area (Å²) in [5.41, 5.74) is 7.99. The third-order valence-corrected chi connectivity index (χ3v) is 4.11. The minimum absolute atomic E-state index is 0.0330. The summed E-state index contributed by atoms with van der Waals surface area (Å²) in [6, 6.07) is 7.85. The summed E-state index contributed by atoms with van der Waals surface area (Å²) in [5.74, 6) is 0.535. The number of amides is 1. The Hall–Kier alpha value is -1.97. The van der Waals surface area contributed by atoms with Gasteiger partial charge in [0.1, 0.15) is 5.69 Å². The van der Waals surface area contributed by atoms with E-state index in [4.69, 9.17) is 5.73 Å². The Morgan fingerprint density at radius 2 is 2.26 bits per heavy atom. The van der Waals surface area contributed by atoms with Gasteiger partial charge in [-0.05, 0) is 30.9 Å². The van der Waals surface area contributed by atoms with E-state index in [1.54, 1.807) is 0 Å². The van der Waals surface area contributed by atoms with E-state index in [-0.39, 0.29) is 5.91 Å². The average molecular weight is 257 g/mol. The Labute approximate surface area is 112 Å². The fourth-order valence-corrected chi connectivity index (χ4v) is 2.91. The van der Waals surface area contributed by atoms with Crippen molar-refractivity contribution < 1.29 is 4.79 Å². The zero-order chi connectivity index (χ0) is 13.4. The zero-order valence-electron chi connectivity index (χ0n) is 11.1. The van der Waals surface area contributed by atoms with Gasteiger partial charge >= 0.3 is 0 Å². The number of aromatic amines is 1. The Bertz CT molecular complexity index is 617. The summed E-state index contributed by atoms with van der Waals surface area (Å²) < 4.78 is 0. The van der Waals surface area contributed by atoms with E-state index in [1.165, 1.54) is 12.8 Å². The highest BCUT2D eigenvalue weighted by Gasteiger charge is 2.25. The quantitative estimate of drug-likeness (QED) is 0.724.